The van der Waals surface area contributed by atoms with E-state index in [1.165, 1.54) is 16.9 Å². The summed E-state index contributed by atoms with van der Waals surface area (Å²) in [5, 5.41) is 7.64. The average molecular weight is 377 g/mol. The summed E-state index contributed by atoms with van der Waals surface area (Å²) in [6, 6.07) is 8.05. The van der Waals surface area contributed by atoms with Crippen molar-refractivity contribution >= 4 is 38.2 Å². The molecule has 1 aliphatic heterocycles. The van der Waals surface area contributed by atoms with E-state index in [2.05, 4.69) is 33.5 Å². The van der Waals surface area contributed by atoms with Crippen molar-refractivity contribution in [2.45, 2.75) is 32.4 Å². The van der Waals surface area contributed by atoms with Crippen LogP contribution >= 0.6 is 27.3 Å². The summed E-state index contributed by atoms with van der Waals surface area (Å²) in [5.74, 6) is 0.780. The van der Waals surface area contributed by atoms with Crippen LogP contribution in [-0.2, 0) is 12.8 Å². The van der Waals surface area contributed by atoms with Crippen molar-refractivity contribution in [3.8, 4) is 0 Å². The second kappa shape index (κ2) is 5.39. The van der Waals surface area contributed by atoms with Crippen LogP contribution in [0.5, 0.6) is 0 Å². The van der Waals surface area contributed by atoms with Crippen molar-refractivity contribution in [3.63, 3.8) is 0 Å². The van der Waals surface area contributed by atoms with E-state index in [1.807, 2.05) is 24.3 Å². The van der Waals surface area contributed by atoms with Crippen LogP contribution in [0.3, 0.4) is 0 Å². The first-order valence-corrected chi connectivity index (χ1v) is 9.20. The van der Waals surface area contributed by atoms with E-state index in [-0.39, 0.29) is 12.1 Å². The third-order valence-electron chi connectivity index (χ3n) is 4.47. The second-order valence-electron chi connectivity index (χ2n) is 6.16. The van der Waals surface area contributed by atoms with Gasteiger partial charge < -0.3 is 10.6 Å². The highest BCUT2D eigenvalue weighted by Gasteiger charge is 2.32. The minimum Gasteiger partial charge on any atom is -0.353 e. The van der Waals surface area contributed by atoms with Crippen molar-refractivity contribution in [1.29, 1.82) is 0 Å². The summed E-state index contributed by atoms with van der Waals surface area (Å²) >= 11 is 5.25. The minimum absolute atomic E-state index is 0.0609. The van der Waals surface area contributed by atoms with Gasteiger partial charge in [-0.05, 0) is 48.4 Å². The third kappa shape index (κ3) is 2.36. The molecule has 0 unspecified atom stereocenters. The van der Waals surface area contributed by atoms with Crippen LogP contribution in [0.25, 0.3) is 0 Å². The Bertz CT molecular complexity index is 755. The van der Waals surface area contributed by atoms with Gasteiger partial charge in [0.15, 0.2) is 0 Å². The SMILES string of the molecule is C[C@@H]1CCc2c(sc3c2C(=O)N[C@H](c2cccc(Br)c2)N3)C1. The zero-order valence-electron chi connectivity index (χ0n) is 12.3. The summed E-state index contributed by atoms with van der Waals surface area (Å²) in [6.45, 7) is 2.29. The van der Waals surface area contributed by atoms with Gasteiger partial charge in [0.1, 0.15) is 11.2 Å². The Morgan fingerprint density at radius 2 is 2.18 bits per heavy atom. The molecule has 0 spiro atoms. The van der Waals surface area contributed by atoms with Crippen molar-refractivity contribution in [2.75, 3.05) is 5.32 Å². The Balaban J connectivity index is 1.71. The molecule has 0 saturated heterocycles. The number of hydrogen-bond acceptors (Lipinski definition) is 3. The zero-order chi connectivity index (χ0) is 15.3. The molecule has 1 aliphatic carbocycles. The predicted octanol–water partition coefficient (Wildman–Crippen LogP) is 4.49. The lowest BCUT2D eigenvalue weighted by Crippen LogP contribution is -2.38. The number of hydrogen-bond donors (Lipinski definition) is 2. The number of carbonyl (C=O) groups is 1. The van der Waals surface area contributed by atoms with Crippen molar-refractivity contribution in [2.24, 2.45) is 5.92 Å². The maximum Gasteiger partial charge on any atom is 0.256 e. The number of thiophene rings is 1. The maximum atomic E-state index is 12.6. The molecule has 0 fully saturated rings. The quantitative estimate of drug-likeness (QED) is 0.769. The van der Waals surface area contributed by atoms with Gasteiger partial charge in [-0.1, -0.05) is 35.0 Å². The van der Waals surface area contributed by atoms with Crippen LogP contribution in [-0.4, -0.2) is 5.91 Å². The van der Waals surface area contributed by atoms with Crippen LogP contribution in [0, 0.1) is 5.92 Å². The minimum atomic E-state index is -0.157. The zero-order valence-corrected chi connectivity index (χ0v) is 14.7. The summed E-state index contributed by atoms with van der Waals surface area (Å²) in [7, 11) is 0. The van der Waals surface area contributed by atoms with Gasteiger partial charge >= 0.3 is 0 Å². The first kappa shape index (κ1) is 14.3. The lowest BCUT2D eigenvalue weighted by molar-refractivity contribution is 0.0935. The topological polar surface area (TPSA) is 41.1 Å². The predicted molar refractivity (Wildman–Crippen MR) is 93.5 cm³/mol. The van der Waals surface area contributed by atoms with Crippen molar-refractivity contribution < 1.29 is 4.79 Å². The number of nitrogens with one attached hydrogen (secondary N) is 2. The number of benzene rings is 1. The van der Waals surface area contributed by atoms with E-state index in [0.29, 0.717) is 0 Å². The van der Waals surface area contributed by atoms with E-state index < -0.39 is 0 Å². The maximum absolute atomic E-state index is 12.6. The summed E-state index contributed by atoms with van der Waals surface area (Å²) in [5.41, 5.74) is 3.22. The molecule has 2 atom stereocenters. The first-order valence-electron chi connectivity index (χ1n) is 7.59. The van der Waals surface area contributed by atoms with E-state index in [4.69, 9.17) is 0 Å². The molecule has 2 heterocycles. The number of halogens is 1. The Morgan fingerprint density at radius 1 is 1.32 bits per heavy atom. The van der Waals surface area contributed by atoms with E-state index in [1.54, 1.807) is 11.3 Å². The summed E-state index contributed by atoms with van der Waals surface area (Å²) < 4.78 is 1.02. The Labute approximate surface area is 142 Å². The highest BCUT2D eigenvalue weighted by Crippen LogP contribution is 2.42. The van der Waals surface area contributed by atoms with E-state index in [0.717, 1.165) is 39.4 Å². The number of rotatable bonds is 1. The van der Waals surface area contributed by atoms with Gasteiger partial charge in [0.2, 0.25) is 0 Å². The molecule has 5 heteroatoms. The highest BCUT2D eigenvalue weighted by atomic mass is 79.9. The average Bonchev–Trinajstić information content (AvgIpc) is 2.84. The number of carbonyl (C=O) groups excluding carboxylic acids is 1. The van der Waals surface area contributed by atoms with Gasteiger partial charge in [-0.15, -0.1) is 11.3 Å². The molecule has 22 heavy (non-hydrogen) atoms. The molecule has 0 radical (unpaired) electrons. The largest absolute Gasteiger partial charge is 0.353 e. The highest BCUT2D eigenvalue weighted by molar-refractivity contribution is 9.10. The second-order valence-corrected chi connectivity index (χ2v) is 8.18. The van der Waals surface area contributed by atoms with Gasteiger partial charge in [-0.3, -0.25) is 4.79 Å². The Morgan fingerprint density at radius 3 is 3.00 bits per heavy atom. The van der Waals surface area contributed by atoms with Gasteiger partial charge in [-0.2, -0.15) is 0 Å². The Hall–Kier alpha value is -1.33. The number of anilines is 1. The van der Waals surface area contributed by atoms with Gasteiger partial charge in [0.25, 0.3) is 5.91 Å². The monoisotopic (exact) mass is 376 g/mol. The molecule has 4 rings (SSSR count). The normalized spacial score (nSPS) is 23.3. The van der Waals surface area contributed by atoms with Crippen LogP contribution in [0.1, 0.15) is 45.9 Å². The molecule has 3 nitrogen and oxygen atoms in total. The van der Waals surface area contributed by atoms with E-state index in [9.17, 15) is 4.79 Å². The molecule has 0 saturated carbocycles. The third-order valence-corrected chi connectivity index (χ3v) is 6.15. The van der Waals surface area contributed by atoms with Crippen molar-refractivity contribution in [3.05, 3.63) is 50.3 Å². The van der Waals surface area contributed by atoms with Gasteiger partial charge in [0.05, 0.1) is 5.56 Å². The fourth-order valence-corrected chi connectivity index (χ4v) is 5.17. The lowest BCUT2D eigenvalue weighted by atomic mass is 9.88. The van der Waals surface area contributed by atoms with Gasteiger partial charge in [0, 0.05) is 9.35 Å². The molecule has 2 aliphatic rings. The molecule has 2 aromatic rings. The smallest absolute Gasteiger partial charge is 0.256 e. The molecule has 2 N–H and O–H groups in total. The van der Waals surface area contributed by atoms with E-state index >= 15 is 0 Å². The summed E-state index contributed by atoms with van der Waals surface area (Å²) in [4.78, 5) is 14.0. The van der Waals surface area contributed by atoms with Crippen LogP contribution in [0.4, 0.5) is 5.00 Å². The standard InChI is InChI=1S/C17H17BrN2OS/c1-9-5-6-12-13(7-9)22-17-14(12)16(21)19-15(20-17)10-3-2-4-11(18)8-10/h2-4,8-9,15,20H,5-7H2,1H3,(H,19,21)/t9-,15+/m1/s1. The molecule has 114 valence electrons. The lowest BCUT2D eigenvalue weighted by Gasteiger charge is -2.27. The fourth-order valence-electron chi connectivity index (χ4n) is 3.32. The molecule has 1 aromatic carbocycles. The van der Waals surface area contributed by atoms with Gasteiger partial charge in [-0.25, -0.2) is 0 Å². The number of amides is 1. The summed E-state index contributed by atoms with van der Waals surface area (Å²) in [6.07, 6.45) is 3.15. The van der Waals surface area contributed by atoms with Crippen LogP contribution in [0.2, 0.25) is 0 Å². The molecule has 0 bridgehead atoms. The molecular formula is C17H17BrN2OS. The number of fused-ring (bicyclic) bond motifs is 3. The fraction of sp³-hybridized carbons (Fsp3) is 0.353. The van der Waals surface area contributed by atoms with Crippen LogP contribution in [0.15, 0.2) is 28.7 Å². The first-order chi connectivity index (χ1) is 10.6. The molecular weight excluding hydrogens is 360 g/mol. The Kier molecular flexibility index (Phi) is 3.50. The molecule has 1 aromatic heterocycles. The van der Waals surface area contributed by atoms with Crippen LogP contribution < -0.4 is 10.6 Å². The van der Waals surface area contributed by atoms with Crippen molar-refractivity contribution in [1.82, 2.24) is 5.32 Å². The molecule has 1 amide bonds.